The summed E-state index contributed by atoms with van der Waals surface area (Å²) in [4.78, 5) is 28.7. The quantitative estimate of drug-likeness (QED) is 0.613. The number of aliphatic carboxylic acids is 1. The highest BCUT2D eigenvalue weighted by Gasteiger charge is 2.49. The third kappa shape index (κ3) is 5.51. The van der Waals surface area contributed by atoms with Crippen LogP contribution in [0.5, 0.6) is 5.75 Å². The standard InChI is InChI=1S/C19H24N2O6S2/c1-2-3-9-27-14-6-4-5-13(10-14)21-15-11-29(25,26)12-16(15)28-19(21)20-17(22)7-8-18(23)24/h4-6,10,15-16H,2-3,7-9,11-12H2,1H3,(H,23,24)/t15-,16-/m1/s1. The molecule has 0 aliphatic carbocycles. The zero-order valence-corrected chi connectivity index (χ0v) is 17.7. The first-order chi connectivity index (χ1) is 13.8. The molecule has 2 atom stereocenters. The van der Waals surface area contributed by atoms with Gasteiger partial charge in [-0.1, -0.05) is 31.2 Å². The Hall–Kier alpha value is -2.07. The van der Waals surface area contributed by atoms with E-state index in [-0.39, 0.29) is 35.6 Å². The molecule has 0 spiro atoms. The fourth-order valence-electron chi connectivity index (χ4n) is 3.30. The SMILES string of the molecule is CCCCOc1cccc(N2C(=NC(=O)CCC(=O)O)S[C@@H]3CS(=O)(=O)C[C@H]32)c1. The molecule has 8 nitrogen and oxygen atoms in total. The van der Waals surface area contributed by atoms with Crippen molar-refractivity contribution >= 4 is 44.3 Å². The molecule has 0 unspecified atom stereocenters. The fraction of sp³-hybridized carbons (Fsp3) is 0.526. The molecule has 1 N–H and O–H groups in total. The van der Waals surface area contributed by atoms with Gasteiger partial charge in [-0.15, -0.1) is 0 Å². The Morgan fingerprint density at radius 2 is 2.10 bits per heavy atom. The number of nitrogens with zero attached hydrogens (tertiary/aromatic N) is 2. The van der Waals surface area contributed by atoms with Gasteiger partial charge in [-0.2, -0.15) is 4.99 Å². The van der Waals surface area contributed by atoms with Gasteiger partial charge in [0.25, 0.3) is 0 Å². The number of benzene rings is 1. The van der Waals surface area contributed by atoms with Crippen LogP contribution in [-0.4, -0.2) is 60.0 Å². The Morgan fingerprint density at radius 3 is 2.83 bits per heavy atom. The summed E-state index contributed by atoms with van der Waals surface area (Å²) in [6, 6.07) is 6.99. The van der Waals surface area contributed by atoms with Crippen molar-refractivity contribution in [1.82, 2.24) is 0 Å². The molecule has 0 aromatic heterocycles. The van der Waals surface area contributed by atoms with E-state index in [0.29, 0.717) is 23.2 Å². The molecule has 2 saturated heterocycles. The predicted octanol–water partition coefficient (Wildman–Crippen LogP) is 2.33. The first-order valence-electron chi connectivity index (χ1n) is 9.51. The summed E-state index contributed by atoms with van der Waals surface area (Å²) in [6.07, 6.45) is 1.46. The lowest BCUT2D eigenvalue weighted by Gasteiger charge is -2.25. The van der Waals surface area contributed by atoms with Crippen LogP contribution in [0.25, 0.3) is 0 Å². The molecule has 3 rings (SSSR count). The molecule has 29 heavy (non-hydrogen) atoms. The highest BCUT2D eigenvalue weighted by Crippen LogP contribution is 2.41. The van der Waals surface area contributed by atoms with E-state index in [1.807, 2.05) is 24.3 Å². The number of thioether (sulfide) groups is 1. The van der Waals surface area contributed by atoms with Gasteiger partial charge in [0.2, 0.25) is 5.91 Å². The van der Waals surface area contributed by atoms with E-state index in [0.717, 1.165) is 12.8 Å². The van der Waals surface area contributed by atoms with Gasteiger partial charge in [0, 0.05) is 23.4 Å². The molecule has 158 valence electrons. The normalized spacial score (nSPS) is 23.9. The number of unbranched alkanes of at least 4 members (excludes halogenated alkanes) is 1. The zero-order valence-electron chi connectivity index (χ0n) is 16.1. The molecule has 2 fully saturated rings. The molecule has 2 heterocycles. The van der Waals surface area contributed by atoms with Crippen LogP contribution in [0.2, 0.25) is 0 Å². The number of hydrogen-bond acceptors (Lipinski definition) is 6. The Morgan fingerprint density at radius 1 is 1.31 bits per heavy atom. The second-order valence-corrected chi connectivity index (χ2v) is 10.4. The molecular formula is C19H24N2O6S2. The number of ether oxygens (including phenoxy) is 1. The molecule has 1 aromatic carbocycles. The third-order valence-corrected chi connectivity index (χ3v) is 7.91. The largest absolute Gasteiger partial charge is 0.494 e. The predicted molar refractivity (Wildman–Crippen MR) is 112 cm³/mol. The number of hydrogen-bond donors (Lipinski definition) is 1. The number of carbonyl (C=O) groups is 2. The van der Waals surface area contributed by atoms with Crippen molar-refractivity contribution in [3.05, 3.63) is 24.3 Å². The van der Waals surface area contributed by atoms with Crippen molar-refractivity contribution in [3.63, 3.8) is 0 Å². The van der Waals surface area contributed by atoms with Crippen LogP contribution >= 0.6 is 11.8 Å². The highest BCUT2D eigenvalue weighted by molar-refractivity contribution is 8.16. The first kappa shape index (κ1) is 21.6. The van der Waals surface area contributed by atoms with Crippen LogP contribution in [-0.2, 0) is 19.4 Å². The van der Waals surface area contributed by atoms with Crippen molar-refractivity contribution < 1.29 is 27.9 Å². The van der Waals surface area contributed by atoms with E-state index in [2.05, 4.69) is 11.9 Å². The number of carboxylic acids is 1. The number of amides is 1. The summed E-state index contributed by atoms with van der Waals surface area (Å²) in [7, 11) is -3.16. The molecule has 1 amide bonds. The Bertz CT molecular complexity index is 915. The van der Waals surface area contributed by atoms with Gasteiger partial charge in [-0.05, 0) is 18.6 Å². The summed E-state index contributed by atoms with van der Waals surface area (Å²) < 4.78 is 30.0. The third-order valence-electron chi connectivity index (χ3n) is 4.70. The van der Waals surface area contributed by atoms with Crippen LogP contribution in [0.4, 0.5) is 5.69 Å². The lowest BCUT2D eigenvalue weighted by atomic mass is 10.2. The number of rotatable bonds is 8. The van der Waals surface area contributed by atoms with Crippen LogP contribution in [0, 0.1) is 0 Å². The van der Waals surface area contributed by atoms with Crippen LogP contribution < -0.4 is 9.64 Å². The maximum absolute atomic E-state index is 12.1. The number of fused-ring (bicyclic) bond motifs is 1. The van der Waals surface area contributed by atoms with Gasteiger partial charge in [-0.25, -0.2) is 8.42 Å². The van der Waals surface area contributed by atoms with Crippen molar-refractivity contribution in [3.8, 4) is 5.75 Å². The maximum Gasteiger partial charge on any atom is 0.303 e. The van der Waals surface area contributed by atoms with Crippen molar-refractivity contribution in [2.24, 2.45) is 4.99 Å². The second kappa shape index (κ2) is 9.17. The first-order valence-corrected chi connectivity index (χ1v) is 12.2. The van der Waals surface area contributed by atoms with Gasteiger partial charge >= 0.3 is 5.97 Å². The van der Waals surface area contributed by atoms with Crippen LogP contribution in [0.3, 0.4) is 0 Å². The molecule has 0 bridgehead atoms. The van der Waals surface area contributed by atoms with Gasteiger partial charge in [-0.3, -0.25) is 9.59 Å². The summed E-state index contributed by atoms with van der Waals surface area (Å²) in [5.74, 6) is -0.892. The van der Waals surface area contributed by atoms with Crippen molar-refractivity contribution in [2.75, 3.05) is 23.0 Å². The minimum Gasteiger partial charge on any atom is -0.494 e. The molecule has 0 radical (unpaired) electrons. The average molecular weight is 441 g/mol. The smallest absolute Gasteiger partial charge is 0.303 e. The summed E-state index contributed by atoms with van der Waals surface area (Å²) in [5.41, 5.74) is 0.709. The van der Waals surface area contributed by atoms with Crippen LogP contribution in [0.1, 0.15) is 32.6 Å². The number of carboxylic acid groups (broad SMARTS) is 1. The molecule has 2 aliphatic heterocycles. The molecule has 2 aliphatic rings. The minimum atomic E-state index is -3.16. The number of carbonyl (C=O) groups excluding carboxylic acids is 1. The monoisotopic (exact) mass is 440 g/mol. The van der Waals surface area contributed by atoms with Crippen molar-refractivity contribution in [2.45, 2.75) is 43.9 Å². The van der Waals surface area contributed by atoms with Crippen molar-refractivity contribution in [1.29, 1.82) is 0 Å². The van der Waals surface area contributed by atoms with E-state index in [1.54, 1.807) is 4.90 Å². The summed E-state index contributed by atoms with van der Waals surface area (Å²) >= 11 is 1.26. The highest BCUT2D eigenvalue weighted by atomic mass is 32.2. The lowest BCUT2D eigenvalue weighted by molar-refractivity contribution is -0.138. The maximum atomic E-state index is 12.1. The van der Waals surface area contributed by atoms with Gasteiger partial charge in [0.1, 0.15) is 5.75 Å². The van der Waals surface area contributed by atoms with E-state index >= 15 is 0 Å². The number of aliphatic imine (C=N–C) groups is 1. The molecule has 1 aromatic rings. The summed E-state index contributed by atoms with van der Waals surface area (Å²) in [5, 5.41) is 8.97. The van der Waals surface area contributed by atoms with E-state index in [9.17, 15) is 18.0 Å². The Kier molecular flexibility index (Phi) is 6.84. The van der Waals surface area contributed by atoms with Gasteiger partial charge in [0.15, 0.2) is 15.0 Å². The van der Waals surface area contributed by atoms with E-state index < -0.39 is 21.7 Å². The van der Waals surface area contributed by atoms with Crippen LogP contribution in [0.15, 0.2) is 29.3 Å². The number of sulfone groups is 1. The van der Waals surface area contributed by atoms with E-state index in [4.69, 9.17) is 9.84 Å². The second-order valence-electron chi connectivity index (χ2n) is 7.05. The topological polar surface area (TPSA) is 113 Å². The number of anilines is 1. The molecular weight excluding hydrogens is 416 g/mol. The Labute approximate surface area is 174 Å². The zero-order chi connectivity index (χ0) is 21.0. The molecule has 0 saturated carbocycles. The Balaban J connectivity index is 1.87. The lowest BCUT2D eigenvalue weighted by Crippen LogP contribution is -2.37. The fourth-order valence-corrected chi connectivity index (χ4v) is 7.23. The van der Waals surface area contributed by atoms with Gasteiger partial charge < -0.3 is 14.7 Å². The van der Waals surface area contributed by atoms with E-state index in [1.165, 1.54) is 11.8 Å². The molecule has 10 heteroatoms. The minimum absolute atomic E-state index is 0.00603. The number of amidine groups is 1. The summed E-state index contributed by atoms with van der Waals surface area (Å²) in [6.45, 7) is 2.66. The van der Waals surface area contributed by atoms with Gasteiger partial charge in [0.05, 0.1) is 30.6 Å². The average Bonchev–Trinajstić information content (AvgIpc) is 3.11.